The van der Waals surface area contributed by atoms with Crippen molar-refractivity contribution < 1.29 is 18.7 Å². The van der Waals surface area contributed by atoms with Gasteiger partial charge in [0.05, 0.1) is 12.1 Å². The maximum absolute atomic E-state index is 13.6. The minimum atomic E-state index is -0.569. The molecule has 0 unspecified atom stereocenters. The van der Waals surface area contributed by atoms with Gasteiger partial charge >= 0.3 is 6.03 Å². The number of hydrogen-bond acceptors (Lipinski definition) is 3. The van der Waals surface area contributed by atoms with Crippen molar-refractivity contribution >= 4 is 33.4 Å². The molecular weight excluding hydrogens is 619 g/mol. The number of carbonyl (C=O) groups excluding carboxylic acids is 2. The lowest BCUT2D eigenvalue weighted by Gasteiger charge is -2.28. The van der Waals surface area contributed by atoms with Crippen LogP contribution in [0.4, 0.5) is 14.9 Å². The van der Waals surface area contributed by atoms with E-state index in [2.05, 4.69) is 21.2 Å². The van der Waals surface area contributed by atoms with Crippen LogP contribution in [0.2, 0.25) is 0 Å². The molecule has 218 valence electrons. The number of allylic oxidation sites excluding steroid dienone is 1. The maximum atomic E-state index is 13.6. The number of nitrogens with one attached hydrogen (secondary N) is 1. The summed E-state index contributed by atoms with van der Waals surface area (Å²) in [5, 5.41) is 3.05. The topological polar surface area (TPSA) is 58.6 Å². The molecule has 1 saturated heterocycles. The highest BCUT2D eigenvalue weighted by atomic mass is 79.9. The van der Waals surface area contributed by atoms with Crippen molar-refractivity contribution in [1.29, 1.82) is 0 Å². The number of amides is 2. The smallest absolute Gasteiger partial charge is 0.323 e. The molecule has 0 radical (unpaired) electrons. The number of benzene rings is 5. The molecule has 0 bridgehead atoms. The highest BCUT2D eigenvalue weighted by Crippen LogP contribution is 2.41. The van der Waals surface area contributed by atoms with E-state index in [4.69, 9.17) is 4.74 Å². The Bertz CT molecular complexity index is 1790. The zero-order valence-corrected chi connectivity index (χ0v) is 25.2. The summed E-state index contributed by atoms with van der Waals surface area (Å²) >= 11 is 3.57. The van der Waals surface area contributed by atoms with E-state index >= 15 is 0 Å². The fourth-order valence-corrected chi connectivity index (χ4v) is 5.64. The van der Waals surface area contributed by atoms with E-state index in [0.717, 1.165) is 26.7 Å². The Kier molecular flexibility index (Phi) is 8.66. The lowest BCUT2D eigenvalue weighted by atomic mass is 9.96. The van der Waals surface area contributed by atoms with Gasteiger partial charge in [0, 0.05) is 21.3 Å². The first kappa shape index (κ1) is 29.1. The van der Waals surface area contributed by atoms with Crippen LogP contribution in [-0.4, -0.2) is 17.9 Å². The average molecular weight is 648 g/mol. The first-order valence-electron chi connectivity index (χ1n) is 14.2. The molecule has 1 heterocycles. The second-order valence-electron chi connectivity index (χ2n) is 10.4. The minimum absolute atomic E-state index is 0.292. The van der Waals surface area contributed by atoms with Gasteiger partial charge in [0.15, 0.2) is 5.78 Å². The van der Waals surface area contributed by atoms with Crippen molar-refractivity contribution in [1.82, 2.24) is 5.32 Å². The first-order valence-corrected chi connectivity index (χ1v) is 14.9. The van der Waals surface area contributed by atoms with E-state index in [1.165, 1.54) is 30.3 Å². The fraction of sp³-hybridized carbons (Fsp3) is 0.0811. The molecule has 5 nitrogen and oxygen atoms in total. The van der Waals surface area contributed by atoms with Crippen molar-refractivity contribution in [3.05, 3.63) is 167 Å². The lowest BCUT2D eigenvalue weighted by Crippen LogP contribution is -2.29. The molecule has 5 aromatic rings. The lowest BCUT2D eigenvalue weighted by molar-refractivity contribution is 0.104. The summed E-state index contributed by atoms with van der Waals surface area (Å²) in [5.74, 6) is -0.0974. The quantitative estimate of drug-likeness (QED) is 0.128. The highest BCUT2D eigenvalue weighted by Gasteiger charge is 2.41. The van der Waals surface area contributed by atoms with E-state index < -0.39 is 17.9 Å². The number of ketones is 1. The Hall–Kier alpha value is -5.01. The van der Waals surface area contributed by atoms with Crippen molar-refractivity contribution in [3.8, 4) is 16.9 Å². The Labute approximate surface area is 263 Å². The maximum Gasteiger partial charge on any atom is 0.323 e. The van der Waals surface area contributed by atoms with E-state index in [1.54, 1.807) is 11.0 Å². The number of nitrogens with zero attached hydrogens (tertiary/aromatic N) is 1. The number of rotatable bonds is 9. The molecule has 44 heavy (non-hydrogen) atoms. The molecule has 0 saturated carbocycles. The van der Waals surface area contributed by atoms with Crippen molar-refractivity contribution in [3.63, 3.8) is 0 Å². The van der Waals surface area contributed by atoms with Gasteiger partial charge < -0.3 is 10.1 Å². The van der Waals surface area contributed by atoms with Crippen LogP contribution >= 0.6 is 15.9 Å². The molecule has 7 heteroatoms. The van der Waals surface area contributed by atoms with Gasteiger partial charge in [0.2, 0.25) is 0 Å². The molecule has 1 N–H and O–H groups in total. The molecule has 5 aromatic carbocycles. The summed E-state index contributed by atoms with van der Waals surface area (Å²) in [4.78, 5) is 28.3. The second-order valence-corrected chi connectivity index (χ2v) is 11.3. The first-order chi connectivity index (χ1) is 21.5. The van der Waals surface area contributed by atoms with Crippen LogP contribution in [0.25, 0.3) is 11.1 Å². The van der Waals surface area contributed by atoms with Crippen LogP contribution in [0.15, 0.2) is 144 Å². The van der Waals surface area contributed by atoms with Crippen LogP contribution in [0, 0.1) is 5.82 Å². The van der Waals surface area contributed by atoms with Crippen molar-refractivity contribution in [2.45, 2.75) is 18.7 Å². The summed E-state index contributed by atoms with van der Waals surface area (Å²) in [7, 11) is 0. The number of carbonyl (C=O) groups is 2. The van der Waals surface area contributed by atoms with E-state index in [-0.39, 0.29) is 11.8 Å². The molecule has 2 atom stereocenters. The van der Waals surface area contributed by atoms with Crippen LogP contribution in [0.5, 0.6) is 5.75 Å². The fourth-order valence-electron chi connectivity index (χ4n) is 5.30. The molecule has 0 aliphatic carbocycles. The third-order valence-corrected chi connectivity index (χ3v) is 7.99. The van der Waals surface area contributed by atoms with Crippen LogP contribution < -0.4 is 15.0 Å². The predicted octanol–water partition coefficient (Wildman–Crippen LogP) is 8.91. The monoisotopic (exact) mass is 646 g/mol. The standard InChI is InChI=1S/C37H28BrFN2O3/c38-29-15-20-32(35(23-29)44-24-25-7-3-1-4-8-25)36-33(21-22-34(42)28-11-16-30(39)17-12-28)40-37(43)41(36)31-18-13-27(14-19-31)26-9-5-2-6-10-26/h1-23,33,36H,24H2,(H,40,43)/b22-21+/t33-,36+/m0/s1. The SMILES string of the molecule is O=C(/C=C/[C@@H]1NC(=O)N(c2ccc(-c3ccccc3)cc2)[C@@H]1c1ccc(Br)cc1OCc1ccccc1)c1ccc(F)cc1. The summed E-state index contributed by atoms with van der Waals surface area (Å²) in [6.07, 6.45) is 3.12. The number of anilines is 1. The van der Waals surface area contributed by atoms with Gasteiger partial charge in [-0.05, 0) is 71.3 Å². The van der Waals surface area contributed by atoms with E-state index in [1.807, 2.05) is 103 Å². The third-order valence-electron chi connectivity index (χ3n) is 7.49. The van der Waals surface area contributed by atoms with Crippen LogP contribution in [-0.2, 0) is 6.61 Å². The van der Waals surface area contributed by atoms with Gasteiger partial charge in [-0.15, -0.1) is 0 Å². The van der Waals surface area contributed by atoms with Gasteiger partial charge in [-0.2, -0.15) is 0 Å². The molecule has 6 rings (SSSR count). The summed E-state index contributed by atoms with van der Waals surface area (Å²) in [5.41, 5.74) is 4.94. The average Bonchev–Trinajstić information content (AvgIpc) is 3.39. The van der Waals surface area contributed by atoms with Gasteiger partial charge in [-0.1, -0.05) is 101 Å². The molecular formula is C37H28BrFN2O3. The molecule has 1 aliphatic rings. The van der Waals surface area contributed by atoms with Crippen LogP contribution in [0.1, 0.15) is 27.5 Å². The zero-order chi connectivity index (χ0) is 30.5. The van der Waals surface area contributed by atoms with Gasteiger partial charge in [-0.3, -0.25) is 9.69 Å². The molecule has 1 aliphatic heterocycles. The highest BCUT2D eigenvalue weighted by molar-refractivity contribution is 9.10. The summed E-state index contributed by atoms with van der Waals surface area (Å²) < 4.78 is 20.6. The van der Waals surface area contributed by atoms with Gasteiger partial charge in [0.1, 0.15) is 18.2 Å². The second kappa shape index (κ2) is 13.1. The molecule has 1 fully saturated rings. The predicted molar refractivity (Wildman–Crippen MR) is 174 cm³/mol. The number of halogens is 2. The minimum Gasteiger partial charge on any atom is -0.488 e. The normalized spacial score (nSPS) is 16.2. The largest absolute Gasteiger partial charge is 0.488 e. The van der Waals surface area contributed by atoms with E-state index in [9.17, 15) is 14.0 Å². The Morgan fingerprint density at radius 2 is 1.50 bits per heavy atom. The van der Waals surface area contributed by atoms with Crippen molar-refractivity contribution in [2.24, 2.45) is 0 Å². The van der Waals surface area contributed by atoms with Gasteiger partial charge in [-0.25, -0.2) is 9.18 Å². The third kappa shape index (κ3) is 6.48. The Morgan fingerprint density at radius 3 is 2.20 bits per heavy atom. The Morgan fingerprint density at radius 1 is 0.841 bits per heavy atom. The number of ether oxygens (including phenoxy) is 1. The van der Waals surface area contributed by atoms with Crippen LogP contribution in [0.3, 0.4) is 0 Å². The molecule has 0 aromatic heterocycles. The van der Waals surface area contributed by atoms with Crippen molar-refractivity contribution in [2.75, 3.05) is 4.90 Å². The zero-order valence-electron chi connectivity index (χ0n) is 23.6. The summed E-state index contributed by atoms with van der Waals surface area (Å²) in [6.45, 7) is 0.341. The Balaban J connectivity index is 1.37. The summed E-state index contributed by atoms with van der Waals surface area (Å²) in [6, 6.07) is 37.4. The van der Waals surface area contributed by atoms with E-state index in [0.29, 0.717) is 23.6 Å². The molecule has 2 amide bonds. The number of urea groups is 1. The van der Waals surface area contributed by atoms with Gasteiger partial charge in [0.25, 0.3) is 0 Å². The number of hydrogen-bond donors (Lipinski definition) is 1. The molecule has 0 spiro atoms.